The van der Waals surface area contributed by atoms with Gasteiger partial charge in [0.1, 0.15) is 5.76 Å². The highest BCUT2D eigenvalue weighted by Gasteiger charge is 2.20. The number of furan rings is 1. The number of methoxy groups -OCH3 is 1. The minimum Gasteiger partial charge on any atom is -0.467 e. The maximum Gasteiger partial charge on any atom is 0.339 e. The van der Waals surface area contributed by atoms with Gasteiger partial charge in [0.2, 0.25) is 0 Å². The minimum atomic E-state index is -0.531. The van der Waals surface area contributed by atoms with Crippen molar-refractivity contribution < 1.29 is 18.7 Å². The number of nitrogens with one attached hydrogen (secondary N) is 1. The van der Waals surface area contributed by atoms with Crippen LogP contribution in [-0.4, -0.2) is 31.1 Å². The highest BCUT2D eigenvalue weighted by molar-refractivity contribution is 6.33. The van der Waals surface area contributed by atoms with E-state index >= 15 is 0 Å². The number of carbonyl (C=O) groups is 2. The number of hydrogen-bond donors (Lipinski definition) is 1. The zero-order valence-corrected chi connectivity index (χ0v) is 13.8. The Morgan fingerprint density at radius 1 is 1.35 bits per heavy atom. The van der Waals surface area contributed by atoms with Crippen molar-refractivity contribution in [3.8, 4) is 0 Å². The second-order valence-electron chi connectivity index (χ2n) is 4.92. The van der Waals surface area contributed by atoms with Crippen LogP contribution in [0.1, 0.15) is 29.1 Å². The lowest BCUT2D eigenvalue weighted by Crippen LogP contribution is -2.33. The molecule has 1 unspecified atom stereocenters. The van der Waals surface area contributed by atoms with Gasteiger partial charge in [0, 0.05) is 12.7 Å². The summed E-state index contributed by atoms with van der Waals surface area (Å²) < 4.78 is 9.92. The smallest absolute Gasteiger partial charge is 0.339 e. The molecule has 1 N–H and O–H groups in total. The summed E-state index contributed by atoms with van der Waals surface area (Å²) in [4.78, 5) is 25.3. The summed E-state index contributed by atoms with van der Waals surface area (Å²) >= 11 is 6.03. The van der Waals surface area contributed by atoms with Crippen LogP contribution in [0, 0.1) is 0 Å². The molecule has 2 amide bonds. The molecule has 0 saturated carbocycles. The van der Waals surface area contributed by atoms with Crippen molar-refractivity contribution in [1.82, 2.24) is 4.90 Å². The Morgan fingerprint density at radius 2 is 2.09 bits per heavy atom. The molecular formula is C16H17ClN2O4. The van der Waals surface area contributed by atoms with E-state index in [-0.39, 0.29) is 22.7 Å². The monoisotopic (exact) mass is 336 g/mol. The van der Waals surface area contributed by atoms with Crippen LogP contribution < -0.4 is 5.32 Å². The Bertz CT molecular complexity index is 700. The van der Waals surface area contributed by atoms with Gasteiger partial charge in [-0.25, -0.2) is 9.59 Å². The summed E-state index contributed by atoms with van der Waals surface area (Å²) in [5.74, 6) is 0.151. The molecule has 0 aliphatic carbocycles. The second-order valence-corrected chi connectivity index (χ2v) is 5.33. The number of amides is 2. The number of nitrogens with zero attached hydrogens (tertiary/aromatic N) is 1. The second kappa shape index (κ2) is 7.19. The summed E-state index contributed by atoms with van der Waals surface area (Å²) in [6.45, 7) is 1.85. The van der Waals surface area contributed by atoms with Crippen LogP contribution in [0.15, 0.2) is 41.0 Å². The fourth-order valence-electron chi connectivity index (χ4n) is 1.98. The molecule has 0 bridgehead atoms. The molecule has 1 aromatic heterocycles. The largest absolute Gasteiger partial charge is 0.467 e. The Kier molecular flexibility index (Phi) is 5.28. The van der Waals surface area contributed by atoms with Gasteiger partial charge in [-0.2, -0.15) is 0 Å². The third-order valence-corrected chi connectivity index (χ3v) is 3.79. The van der Waals surface area contributed by atoms with E-state index in [0.717, 1.165) is 0 Å². The van der Waals surface area contributed by atoms with Crippen molar-refractivity contribution in [2.45, 2.75) is 13.0 Å². The van der Waals surface area contributed by atoms with Crippen LogP contribution in [0.2, 0.25) is 5.02 Å². The predicted octanol–water partition coefficient (Wildman–Crippen LogP) is 3.94. The zero-order valence-electron chi connectivity index (χ0n) is 13.0. The molecule has 0 radical (unpaired) electrons. The lowest BCUT2D eigenvalue weighted by molar-refractivity contribution is 0.0601. The lowest BCUT2D eigenvalue weighted by Gasteiger charge is -2.23. The van der Waals surface area contributed by atoms with Crippen LogP contribution in [0.3, 0.4) is 0 Å². The van der Waals surface area contributed by atoms with E-state index in [9.17, 15) is 9.59 Å². The number of hydrogen-bond acceptors (Lipinski definition) is 4. The van der Waals surface area contributed by atoms with Gasteiger partial charge in [-0.1, -0.05) is 11.6 Å². The fraction of sp³-hybridized carbons (Fsp3) is 0.250. The first-order valence-corrected chi connectivity index (χ1v) is 7.27. The average molecular weight is 337 g/mol. The van der Waals surface area contributed by atoms with Crippen LogP contribution in [0.25, 0.3) is 0 Å². The number of benzene rings is 1. The van der Waals surface area contributed by atoms with E-state index in [0.29, 0.717) is 11.4 Å². The minimum absolute atomic E-state index is 0.205. The molecule has 122 valence electrons. The molecule has 23 heavy (non-hydrogen) atoms. The Morgan fingerprint density at radius 3 is 2.65 bits per heavy atom. The Hall–Kier alpha value is -2.47. The van der Waals surface area contributed by atoms with E-state index < -0.39 is 5.97 Å². The summed E-state index contributed by atoms with van der Waals surface area (Å²) in [5.41, 5.74) is 0.718. The molecule has 0 saturated heterocycles. The predicted molar refractivity (Wildman–Crippen MR) is 86.7 cm³/mol. The third-order valence-electron chi connectivity index (χ3n) is 3.48. The van der Waals surface area contributed by atoms with Crippen molar-refractivity contribution in [3.63, 3.8) is 0 Å². The molecule has 7 heteroatoms. The quantitative estimate of drug-likeness (QED) is 0.858. The highest BCUT2D eigenvalue weighted by atomic mass is 35.5. The lowest BCUT2D eigenvalue weighted by atomic mass is 10.2. The maximum absolute atomic E-state index is 12.3. The maximum atomic E-state index is 12.3. The first-order chi connectivity index (χ1) is 10.9. The van der Waals surface area contributed by atoms with Crippen molar-refractivity contribution >= 4 is 29.3 Å². The first-order valence-electron chi connectivity index (χ1n) is 6.89. The van der Waals surface area contributed by atoms with Crippen molar-refractivity contribution in [2.75, 3.05) is 19.5 Å². The van der Waals surface area contributed by atoms with Crippen molar-refractivity contribution in [2.24, 2.45) is 0 Å². The molecule has 1 heterocycles. The van der Waals surface area contributed by atoms with Gasteiger partial charge >= 0.3 is 12.0 Å². The number of halogens is 1. The molecule has 6 nitrogen and oxygen atoms in total. The molecule has 0 aliphatic heterocycles. The number of urea groups is 1. The normalized spacial score (nSPS) is 11.7. The van der Waals surface area contributed by atoms with E-state index in [2.05, 4.69) is 10.1 Å². The van der Waals surface area contributed by atoms with Crippen LogP contribution in [0.4, 0.5) is 10.5 Å². The fourth-order valence-corrected chi connectivity index (χ4v) is 2.23. The number of ether oxygens (including phenoxy) is 1. The standard InChI is InChI=1S/C16H17ClN2O4/c1-10(14-5-4-8-23-14)19(2)16(21)18-11-6-7-12(13(17)9-11)15(20)22-3/h4-10H,1-3H3,(H,18,21). The van der Waals surface area contributed by atoms with Gasteiger partial charge in [-0.15, -0.1) is 0 Å². The van der Waals surface area contributed by atoms with Gasteiger partial charge in [0.05, 0.1) is 30.0 Å². The zero-order chi connectivity index (χ0) is 17.0. The Balaban J connectivity index is 2.08. The summed E-state index contributed by atoms with van der Waals surface area (Å²) in [7, 11) is 2.94. The number of rotatable bonds is 4. The summed E-state index contributed by atoms with van der Waals surface area (Å²) in [5, 5.41) is 2.92. The van der Waals surface area contributed by atoms with E-state index in [1.807, 2.05) is 6.92 Å². The van der Waals surface area contributed by atoms with E-state index in [1.165, 1.54) is 24.1 Å². The van der Waals surface area contributed by atoms with Crippen LogP contribution in [0.5, 0.6) is 0 Å². The number of esters is 1. The molecule has 2 rings (SSSR count). The average Bonchev–Trinajstić information content (AvgIpc) is 3.07. The van der Waals surface area contributed by atoms with Crippen LogP contribution in [-0.2, 0) is 4.74 Å². The topological polar surface area (TPSA) is 71.8 Å². The molecule has 2 aromatic rings. The number of anilines is 1. The van der Waals surface area contributed by atoms with E-state index in [4.69, 9.17) is 16.0 Å². The first kappa shape index (κ1) is 16.9. The van der Waals surface area contributed by atoms with Crippen molar-refractivity contribution in [3.05, 3.63) is 52.9 Å². The third kappa shape index (κ3) is 3.84. The Labute approximate surface area is 139 Å². The molecule has 1 aromatic carbocycles. The van der Waals surface area contributed by atoms with Gasteiger partial charge in [0.15, 0.2) is 0 Å². The molecule has 0 aliphatic rings. The molecular weight excluding hydrogens is 320 g/mol. The summed E-state index contributed by atoms with van der Waals surface area (Å²) in [6.07, 6.45) is 1.56. The molecule has 0 fully saturated rings. The molecule has 1 atom stereocenters. The van der Waals surface area contributed by atoms with Gasteiger partial charge in [-0.3, -0.25) is 0 Å². The molecule has 0 spiro atoms. The highest BCUT2D eigenvalue weighted by Crippen LogP contribution is 2.23. The SMILES string of the molecule is COC(=O)c1ccc(NC(=O)N(C)C(C)c2ccco2)cc1Cl. The van der Waals surface area contributed by atoms with E-state index in [1.54, 1.807) is 31.5 Å². The van der Waals surface area contributed by atoms with Gasteiger partial charge < -0.3 is 19.4 Å². The van der Waals surface area contributed by atoms with Crippen LogP contribution >= 0.6 is 11.6 Å². The number of carbonyl (C=O) groups excluding carboxylic acids is 2. The van der Waals surface area contributed by atoms with Crippen molar-refractivity contribution in [1.29, 1.82) is 0 Å². The van der Waals surface area contributed by atoms with Gasteiger partial charge in [-0.05, 0) is 37.3 Å². The summed E-state index contributed by atoms with van der Waals surface area (Å²) in [6, 6.07) is 7.60. The van der Waals surface area contributed by atoms with Gasteiger partial charge in [0.25, 0.3) is 0 Å².